The predicted octanol–water partition coefficient (Wildman–Crippen LogP) is 6.61. The molecule has 1 saturated carbocycles. The van der Waals surface area contributed by atoms with Gasteiger partial charge in [-0.15, -0.1) is 0 Å². The van der Waals surface area contributed by atoms with Crippen LogP contribution in [0.2, 0.25) is 0 Å². The SMILES string of the molecule is C=C(NC(=O)NC1CCCCC1)/C(F)=C\c1cnc(Nc2ccc(N(CCC)CCC)cc2)nc1C. The number of hydrogen-bond donors (Lipinski definition) is 3. The van der Waals surface area contributed by atoms with E-state index in [2.05, 4.69) is 63.4 Å². The van der Waals surface area contributed by atoms with Crippen LogP contribution in [0.5, 0.6) is 0 Å². The molecule has 0 aliphatic heterocycles. The summed E-state index contributed by atoms with van der Waals surface area (Å²) in [4.78, 5) is 23.3. The van der Waals surface area contributed by atoms with E-state index in [9.17, 15) is 9.18 Å². The van der Waals surface area contributed by atoms with E-state index in [0.717, 1.165) is 57.3 Å². The fourth-order valence-electron chi connectivity index (χ4n) is 4.36. The summed E-state index contributed by atoms with van der Waals surface area (Å²) in [6, 6.07) is 7.91. The molecule has 8 heteroatoms. The molecule has 0 radical (unpaired) electrons. The summed E-state index contributed by atoms with van der Waals surface area (Å²) in [6.45, 7) is 11.9. The Morgan fingerprint density at radius 2 is 1.81 bits per heavy atom. The lowest BCUT2D eigenvalue weighted by Gasteiger charge is -2.24. The smallest absolute Gasteiger partial charge is 0.319 e. The van der Waals surface area contributed by atoms with Crippen molar-refractivity contribution in [3.63, 3.8) is 0 Å². The number of carbonyl (C=O) groups excluding carboxylic acids is 1. The summed E-state index contributed by atoms with van der Waals surface area (Å²) in [6.07, 6.45) is 10.4. The Morgan fingerprint density at radius 3 is 2.42 bits per heavy atom. The van der Waals surface area contributed by atoms with E-state index in [-0.39, 0.29) is 11.7 Å². The average molecular weight is 495 g/mol. The van der Waals surface area contributed by atoms with Crippen LogP contribution >= 0.6 is 0 Å². The molecule has 1 aliphatic rings. The van der Waals surface area contributed by atoms with Crippen molar-refractivity contribution < 1.29 is 9.18 Å². The van der Waals surface area contributed by atoms with Gasteiger partial charge < -0.3 is 20.9 Å². The van der Waals surface area contributed by atoms with Gasteiger partial charge in [0, 0.05) is 42.3 Å². The second-order valence-electron chi connectivity index (χ2n) is 9.30. The Labute approximate surface area is 214 Å². The van der Waals surface area contributed by atoms with Crippen molar-refractivity contribution in [2.45, 2.75) is 71.8 Å². The molecule has 1 fully saturated rings. The van der Waals surface area contributed by atoms with Crippen LogP contribution < -0.4 is 20.9 Å². The molecule has 1 aromatic heterocycles. The van der Waals surface area contributed by atoms with Gasteiger partial charge in [0.25, 0.3) is 0 Å². The average Bonchev–Trinajstić information content (AvgIpc) is 2.86. The number of rotatable bonds is 11. The van der Waals surface area contributed by atoms with Gasteiger partial charge in [-0.05, 0) is 62.9 Å². The maximum absolute atomic E-state index is 14.7. The van der Waals surface area contributed by atoms with Gasteiger partial charge in [-0.3, -0.25) is 0 Å². The molecule has 0 bridgehead atoms. The minimum absolute atomic E-state index is 0.0924. The van der Waals surface area contributed by atoms with Crippen LogP contribution in [0, 0.1) is 6.92 Å². The molecular formula is C28H39FN6O. The van der Waals surface area contributed by atoms with Crippen LogP contribution in [-0.4, -0.2) is 35.1 Å². The van der Waals surface area contributed by atoms with E-state index < -0.39 is 11.9 Å². The lowest BCUT2D eigenvalue weighted by atomic mass is 9.96. The summed E-state index contributed by atoms with van der Waals surface area (Å²) in [7, 11) is 0. The van der Waals surface area contributed by atoms with Crippen molar-refractivity contribution in [3.8, 4) is 0 Å². The zero-order valence-corrected chi connectivity index (χ0v) is 21.7. The zero-order valence-electron chi connectivity index (χ0n) is 21.7. The van der Waals surface area contributed by atoms with E-state index in [0.29, 0.717) is 17.2 Å². The summed E-state index contributed by atoms with van der Waals surface area (Å²) in [5, 5.41) is 8.59. The molecule has 1 heterocycles. The van der Waals surface area contributed by atoms with Crippen LogP contribution in [0.4, 0.5) is 26.5 Å². The highest BCUT2D eigenvalue weighted by Crippen LogP contribution is 2.22. The fourth-order valence-corrected chi connectivity index (χ4v) is 4.36. The normalized spacial score (nSPS) is 14.3. The number of aromatic nitrogens is 2. The Bertz CT molecular complexity index is 1040. The summed E-state index contributed by atoms with van der Waals surface area (Å²) in [5.41, 5.74) is 3.10. The van der Waals surface area contributed by atoms with Gasteiger partial charge in [0.05, 0.1) is 11.4 Å². The highest BCUT2D eigenvalue weighted by molar-refractivity contribution is 5.77. The lowest BCUT2D eigenvalue weighted by molar-refractivity contribution is 0.235. The van der Waals surface area contributed by atoms with Crippen molar-refractivity contribution in [3.05, 3.63) is 59.8 Å². The molecule has 0 unspecified atom stereocenters. The predicted molar refractivity (Wildman–Crippen MR) is 146 cm³/mol. The number of halogens is 1. The molecule has 3 N–H and O–H groups in total. The second-order valence-corrected chi connectivity index (χ2v) is 9.30. The van der Waals surface area contributed by atoms with Crippen LogP contribution in [0.15, 0.2) is 48.6 Å². The first-order valence-corrected chi connectivity index (χ1v) is 13.0. The first kappa shape index (κ1) is 27.2. The van der Waals surface area contributed by atoms with E-state index in [1.54, 1.807) is 13.1 Å². The number of hydrogen-bond acceptors (Lipinski definition) is 5. The highest BCUT2D eigenvalue weighted by atomic mass is 19.1. The number of benzene rings is 1. The molecule has 2 amide bonds. The first-order valence-electron chi connectivity index (χ1n) is 13.0. The van der Waals surface area contributed by atoms with Crippen molar-refractivity contribution in [2.75, 3.05) is 23.3 Å². The van der Waals surface area contributed by atoms with Gasteiger partial charge in [0.2, 0.25) is 5.95 Å². The van der Waals surface area contributed by atoms with E-state index in [1.807, 2.05) is 12.1 Å². The van der Waals surface area contributed by atoms with Crippen molar-refractivity contribution >= 4 is 29.4 Å². The van der Waals surface area contributed by atoms with Crippen LogP contribution in [0.1, 0.15) is 70.1 Å². The summed E-state index contributed by atoms with van der Waals surface area (Å²) >= 11 is 0. The third kappa shape index (κ3) is 8.07. The van der Waals surface area contributed by atoms with E-state index in [1.165, 1.54) is 18.2 Å². The quantitative estimate of drug-likeness (QED) is 0.306. The molecule has 36 heavy (non-hydrogen) atoms. The molecule has 0 atom stereocenters. The number of anilines is 3. The van der Waals surface area contributed by atoms with E-state index >= 15 is 0 Å². The lowest BCUT2D eigenvalue weighted by Crippen LogP contribution is -2.42. The Kier molecular flexibility index (Phi) is 10.3. The van der Waals surface area contributed by atoms with Crippen LogP contribution in [-0.2, 0) is 0 Å². The monoisotopic (exact) mass is 494 g/mol. The summed E-state index contributed by atoms with van der Waals surface area (Å²) < 4.78 is 14.7. The Hall–Kier alpha value is -3.42. The number of nitrogens with zero attached hydrogens (tertiary/aromatic N) is 3. The molecule has 1 aromatic carbocycles. The van der Waals surface area contributed by atoms with Gasteiger partial charge in [-0.2, -0.15) is 0 Å². The molecule has 2 aromatic rings. The number of urea groups is 1. The largest absolute Gasteiger partial charge is 0.372 e. The van der Waals surface area contributed by atoms with Gasteiger partial charge in [0.15, 0.2) is 0 Å². The molecule has 1 aliphatic carbocycles. The van der Waals surface area contributed by atoms with Crippen molar-refractivity contribution in [1.29, 1.82) is 0 Å². The topological polar surface area (TPSA) is 82.2 Å². The number of carbonyl (C=O) groups is 1. The van der Waals surface area contributed by atoms with Crippen LogP contribution in [0.3, 0.4) is 0 Å². The first-order chi connectivity index (χ1) is 17.4. The minimum atomic E-state index is -0.638. The third-order valence-electron chi connectivity index (χ3n) is 6.27. The van der Waals surface area contributed by atoms with Gasteiger partial charge in [-0.25, -0.2) is 19.2 Å². The van der Waals surface area contributed by atoms with Crippen LogP contribution in [0.25, 0.3) is 6.08 Å². The number of allylic oxidation sites excluding steroid dienone is 1. The molecular weight excluding hydrogens is 455 g/mol. The maximum Gasteiger partial charge on any atom is 0.319 e. The Morgan fingerprint density at radius 1 is 1.14 bits per heavy atom. The van der Waals surface area contributed by atoms with Gasteiger partial charge in [0.1, 0.15) is 5.83 Å². The molecule has 7 nitrogen and oxygen atoms in total. The third-order valence-corrected chi connectivity index (χ3v) is 6.27. The fraction of sp³-hybridized carbons (Fsp3) is 0.464. The molecule has 3 rings (SSSR count). The number of amides is 2. The maximum atomic E-state index is 14.7. The highest BCUT2D eigenvalue weighted by Gasteiger charge is 2.16. The second kappa shape index (κ2) is 13.6. The minimum Gasteiger partial charge on any atom is -0.372 e. The summed E-state index contributed by atoms with van der Waals surface area (Å²) in [5.74, 6) is -0.207. The number of aryl methyl sites for hydroxylation is 1. The van der Waals surface area contributed by atoms with Gasteiger partial charge >= 0.3 is 6.03 Å². The molecule has 0 saturated heterocycles. The molecule has 194 valence electrons. The van der Waals surface area contributed by atoms with E-state index in [4.69, 9.17) is 0 Å². The standard InChI is InChI=1S/C28H39FN6O/c1-5-16-35(17-6-2)25-14-12-24(13-15-25)33-27-30-19-22(20(3)31-27)18-26(29)21(4)32-28(36)34-23-10-8-7-9-11-23/h12-15,18-19,23H,4-11,16-17H2,1-3H3,(H,30,31,33)(H2,32,34,36)/b26-18+. The molecule has 0 spiro atoms. The zero-order chi connectivity index (χ0) is 25.9. The van der Waals surface area contributed by atoms with Gasteiger partial charge in [-0.1, -0.05) is 39.7 Å². The van der Waals surface area contributed by atoms with Crippen molar-refractivity contribution in [2.24, 2.45) is 0 Å². The van der Waals surface area contributed by atoms with Crippen molar-refractivity contribution in [1.82, 2.24) is 20.6 Å². The Balaban J connectivity index is 1.58. The number of nitrogens with one attached hydrogen (secondary N) is 3.